The molecule has 0 spiro atoms. The second-order valence-corrected chi connectivity index (χ2v) is 2.15. The molecule has 60 valence electrons. The molecule has 1 heterocycles. The molecule has 0 aliphatic rings. The Labute approximate surface area is 63.4 Å². The van der Waals surface area contributed by atoms with E-state index in [1.54, 1.807) is 7.05 Å². The van der Waals surface area contributed by atoms with Crippen molar-refractivity contribution in [1.82, 2.24) is 4.57 Å². The minimum absolute atomic E-state index is 0.213. The lowest BCUT2D eigenvalue weighted by Gasteiger charge is -1.98. The van der Waals surface area contributed by atoms with Crippen molar-refractivity contribution in [1.29, 1.82) is 0 Å². The standard InChI is InChI=1S/C7H8FNO2/c1-9-4-5(8)3-6(9)7(10)11-2/h3-4H,1-2H3. The molecule has 0 radical (unpaired) electrons. The van der Waals surface area contributed by atoms with Gasteiger partial charge in [-0.2, -0.15) is 0 Å². The quantitative estimate of drug-likeness (QED) is 0.568. The Morgan fingerprint density at radius 2 is 2.36 bits per heavy atom. The van der Waals surface area contributed by atoms with Gasteiger partial charge in [0.1, 0.15) is 11.5 Å². The van der Waals surface area contributed by atoms with Crippen LogP contribution in [-0.4, -0.2) is 17.6 Å². The van der Waals surface area contributed by atoms with E-state index in [9.17, 15) is 9.18 Å². The van der Waals surface area contributed by atoms with E-state index in [4.69, 9.17) is 0 Å². The van der Waals surface area contributed by atoms with E-state index in [-0.39, 0.29) is 5.69 Å². The topological polar surface area (TPSA) is 31.2 Å². The van der Waals surface area contributed by atoms with Crippen LogP contribution in [0.3, 0.4) is 0 Å². The first-order chi connectivity index (χ1) is 5.15. The molecule has 3 nitrogen and oxygen atoms in total. The van der Waals surface area contributed by atoms with Crippen molar-refractivity contribution in [2.45, 2.75) is 0 Å². The van der Waals surface area contributed by atoms with E-state index in [0.717, 1.165) is 6.07 Å². The maximum absolute atomic E-state index is 12.5. The number of methoxy groups -OCH3 is 1. The molecule has 1 aromatic rings. The summed E-state index contributed by atoms with van der Waals surface area (Å²) in [7, 11) is 2.84. The monoisotopic (exact) mass is 157 g/mol. The van der Waals surface area contributed by atoms with Gasteiger partial charge in [0.2, 0.25) is 0 Å². The summed E-state index contributed by atoms with van der Waals surface area (Å²) in [6.45, 7) is 0. The fourth-order valence-electron chi connectivity index (χ4n) is 0.832. The van der Waals surface area contributed by atoms with Crippen LogP contribution < -0.4 is 0 Å². The number of nitrogens with zero attached hydrogens (tertiary/aromatic N) is 1. The molecule has 0 aromatic carbocycles. The average molecular weight is 157 g/mol. The van der Waals surface area contributed by atoms with Gasteiger partial charge in [-0.1, -0.05) is 0 Å². The van der Waals surface area contributed by atoms with Crippen LogP contribution in [-0.2, 0) is 11.8 Å². The summed E-state index contributed by atoms with van der Waals surface area (Å²) in [4.78, 5) is 10.8. The highest BCUT2D eigenvalue weighted by atomic mass is 19.1. The highest BCUT2D eigenvalue weighted by Crippen LogP contribution is 2.05. The van der Waals surface area contributed by atoms with Crippen LogP contribution in [0.5, 0.6) is 0 Å². The second-order valence-electron chi connectivity index (χ2n) is 2.15. The molecular formula is C7H8FNO2. The van der Waals surface area contributed by atoms with Crippen molar-refractivity contribution in [2.75, 3.05) is 7.11 Å². The van der Waals surface area contributed by atoms with Gasteiger partial charge in [-0.25, -0.2) is 9.18 Å². The van der Waals surface area contributed by atoms with Gasteiger partial charge in [0.05, 0.1) is 7.11 Å². The van der Waals surface area contributed by atoms with Gasteiger partial charge < -0.3 is 9.30 Å². The number of hydrogen-bond acceptors (Lipinski definition) is 2. The summed E-state index contributed by atoms with van der Waals surface area (Å²) in [6.07, 6.45) is 1.21. The molecule has 1 rings (SSSR count). The maximum Gasteiger partial charge on any atom is 0.354 e. The molecule has 4 heteroatoms. The van der Waals surface area contributed by atoms with Crippen LogP contribution in [0.4, 0.5) is 4.39 Å². The lowest BCUT2D eigenvalue weighted by Crippen LogP contribution is -2.06. The fraction of sp³-hybridized carbons (Fsp3) is 0.286. The number of hydrogen-bond donors (Lipinski definition) is 0. The maximum atomic E-state index is 12.5. The first-order valence-electron chi connectivity index (χ1n) is 3.05. The highest BCUT2D eigenvalue weighted by Gasteiger charge is 2.10. The van der Waals surface area contributed by atoms with Gasteiger partial charge in [0.25, 0.3) is 0 Å². The molecular weight excluding hydrogens is 149 g/mol. The van der Waals surface area contributed by atoms with Crippen LogP contribution in [0.1, 0.15) is 10.5 Å². The van der Waals surface area contributed by atoms with Crippen molar-refractivity contribution < 1.29 is 13.9 Å². The molecule has 0 aliphatic carbocycles. The van der Waals surface area contributed by atoms with Crippen LogP contribution in [0, 0.1) is 5.82 Å². The fourth-order valence-corrected chi connectivity index (χ4v) is 0.832. The van der Waals surface area contributed by atoms with E-state index in [0.29, 0.717) is 0 Å². The molecule has 0 N–H and O–H groups in total. The number of carbonyl (C=O) groups excluding carboxylic acids is 1. The molecule has 1 aromatic heterocycles. The Kier molecular flexibility index (Phi) is 1.94. The number of aryl methyl sites for hydroxylation is 1. The Bertz CT molecular complexity index is 280. The van der Waals surface area contributed by atoms with E-state index >= 15 is 0 Å². The molecule has 0 atom stereocenters. The van der Waals surface area contributed by atoms with Gasteiger partial charge >= 0.3 is 5.97 Å². The van der Waals surface area contributed by atoms with Crippen LogP contribution >= 0.6 is 0 Å². The van der Waals surface area contributed by atoms with E-state index < -0.39 is 11.8 Å². The molecule has 0 saturated carbocycles. The van der Waals surface area contributed by atoms with E-state index in [2.05, 4.69) is 4.74 Å². The summed E-state index contributed by atoms with van der Waals surface area (Å²) in [5, 5.41) is 0. The van der Waals surface area contributed by atoms with Crippen molar-refractivity contribution in [3.63, 3.8) is 0 Å². The molecule has 0 amide bonds. The van der Waals surface area contributed by atoms with Gasteiger partial charge in [0, 0.05) is 19.3 Å². The molecule has 0 fully saturated rings. The smallest absolute Gasteiger partial charge is 0.354 e. The van der Waals surface area contributed by atoms with Gasteiger partial charge in [0.15, 0.2) is 0 Å². The third-order valence-electron chi connectivity index (χ3n) is 1.37. The molecule has 11 heavy (non-hydrogen) atoms. The lowest BCUT2D eigenvalue weighted by atomic mass is 10.4. The predicted molar refractivity (Wildman–Crippen MR) is 36.7 cm³/mol. The zero-order valence-corrected chi connectivity index (χ0v) is 6.30. The molecule has 0 unspecified atom stereocenters. The second kappa shape index (κ2) is 2.74. The number of aromatic nitrogens is 1. The molecule has 0 saturated heterocycles. The summed E-state index contributed by atoms with van der Waals surface area (Å²) >= 11 is 0. The SMILES string of the molecule is COC(=O)c1cc(F)cn1C. The lowest BCUT2D eigenvalue weighted by molar-refractivity contribution is 0.0590. The normalized spacial score (nSPS) is 9.73. The number of esters is 1. The zero-order chi connectivity index (χ0) is 8.43. The summed E-state index contributed by atoms with van der Waals surface area (Å²) in [5.74, 6) is -0.968. The largest absolute Gasteiger partial charge is 0.464 e. The minimum atomic E-state index is -0.531. The predicted octanol–water partition coefficient (Wildman–Crippen LogP) is 0.951. The summed E-state index contributed by atoms with van der Waals surface area (Å²) < 4.78 is 18.2. The van der Waals surface area contributed by atoms with Gasteiger partial charge in [-0.3, -0.25) is 0 Å². The molecule has 0 aliphatic heterocycles. The number of carbonyl (C=O) groups is 1. The Balaban J connectivity index is 3.03. The van der Waals surface area contributed by atoms with Gasteiger partial charge in [-0.05, 0) is 0 Å². The first kappa shape index (κ1) is 7.78. The van der Waals surface area contributed by atoms with Gasteiger partial charge in [-0.15, -0.1) is 0 Å². The third-order valence-corrected chi connectivity index (χ3v) is 1.37. The number of ether oxygens (including phenoxy) is 1. The zero-order valence-electron chi connectivity index (χ0n) is 6.30. The number of rotatable bonds is 1. The Hall–Kier alpha value is -1.32. The Morgan fingerprint density at radius 3 is 2.73 bits per heavy atom. The average Bonchev–Trinajstić information content (AvgIpc) is 2.28. The summed E-state index contributed by atoms with van der Waals surface area (Å²) in [5.41, 5.74) is 0.213. The van der Waals surface area contributed by atoms with Crippen LogP contribution in [0.15, 0.2) is 12.3 Å². The van der Waals surface area contributed by atoms with Crippen molar-refractivity contribution in [2.24, 2.45) is 7.05 Å². The van der Waals surface area contributed by atoms with Crippen LogP contribution in [0.25, 0.3) is 0 Å². The number of halogens is 1. The van der Waals surface area contributed by atoms with Crippen molar-refractivity contribution >= 4 is 5.97 Å². The van der Waals surface area contributed by atoms with Crippen molar-refractivity contribution in [3.05, 3.63) is 23.8 Å². The van der Waals surface area contributed by atoms with Crippen LogP contribution in [0.2, 0.25) is 0 Å². The first-order valence-corrected chi connectivity index (χ1v) is 3.05. The summed E-state index contributed by atoms with van der Waals surface area (Å²) in [6, 6.07) is 1.13. The van der Waals surface area contributed by atoms with E-state index in [1.165, 1.54) is 17.9 Å². The van der Waals surface area contributed by atoms with Crippen molar-refractivity contribution in [3.8, 4) is 0 Å². The van der Waals surface area contributed by atoms with E-state index in [1.807, 2.05) is 0 Å². The highest BCUT2D eigenvalue weighted by molar-refractivity contribution is 5.87. The Morgan fingerprint density at radius 1 is 1.73 bits per heavy atom. The third kappa shape index (κ3) is 1.39. The molecule has 0 bridgehead atoms. The minimum Gasteiger partial charge on any atom is -0.464 e.